The zero-order chi connectivity index (χ0) is 12.9. The first-order valence-corrected chi connectivity index (χ1v) is 8.17. The van der Waals surface area contributed by atoms with E-state index in [1.54, 1.807) is 24.3 Å². The number of hydrogen-bond acceptors (Lipinski definition) is 5. The maximum atomic E-state index is 11.0. The van der Waals surface area contributed by atoms with E-state index in [9.17, 15) is 9.13 Å². The molecule has 3 N–H and O–H groups in total. The van der Waals surface area contributed by atoms with Crippen LogP contribution in [0.5, 0.6) is 0 Å². The van der Waals surface area contributed by atoms with Crippen LogP contribution in [-0.2, 0) is 23.2 Å². The van der Waals surface area contributed by atoms with Gasteiger partial charge in [0, 0.05) is 17.8 Å². The second-order valence-corrected chi connectivity index (χ2v) is 6.56. The van der Waals surface area contributed by atoms with Gasteiger partial charge in [-0.25, -0.2) is 13.1 Å². The van der Waals surface area contributed by atoms with Gasteiger partial charge in [-0.15, -0.1) is 0 Å². The molecule has 0 aliphatic carbocycles. The van der Waals surface area contributed by atoms with Gasteiger partial charge in [-0.2, -0.15) is 4.31 Å². The van der Waals surface area contributed by atoms with Crippen molar-refractivity contribution in [3.63, 3.8) is 0 Å². The minimum Gasteiger partial charge on any atom is -0.302 e. The molecule has 1 aromatic carbocycles. The fourth-order valence-electron chi connectivity index (χ4n) is 0.883. The van der Waals surface area contributed by atoms with Gasteiger partial charge < -0.3 is 14.7 Å². The summed E-state index contributed by atoms with van der Waals surface area (Å²) in [7, 11) is -9.80. The van der Waals surface area contributed by atoms with Crippen molar-refractivity contribution in [1.29, 1.82) is 0 Å². The molecular formula is C7H10O7P2S. The smallest absolute Gasteiger partial charge is 0.302 e. The Labute approximate surface area is 102 Å². The lowest BCUT2D eigenvalue weighted by Crippen LogP contribution is -1.89. The second kappa shape index (κ2) is 6.13. The minimum absolute atomic E-state index is 0.246. The number of hydrogen-bond donors (Lipinski definition) is 3. The summed E-state index contributed by atoms with van der Waals surface area (Å²) < 4.78 is 29.3. The van der Waals surface area contributed by atoms with E-state index < -0.39 is 15.6 Å². The van der Waals surface area contributed by atoms with Crippen LogP contribution in [0.4, 0.5) is 0 Å². The third kappa shape index (κ3) is 6.98. The molecule has 1 aromatic rings. The van der Waals surface area contributed by atoms with Gasteiger partial charge in [-0.1, -0.05) is 30.3 Å². The van der Waals surface area contributed by atoms with E-state index in [2.05, 4.69) is 8.28 Å². The predicted octanol–water partition coefficient (Wildman–Crippen LogP) is 2.06. The Morgan fingerprint density at radius 3 is 2.24 bits per heavy atom. The topological polar surface area (TPSA) is 113 Å². The molecule has 0 amide bonds. The fourth-order valence-corrected chi connectivity index (χ4v) is 3.38. The van der Waals surface area contributed by atoms with E-state index in [1.807, 2.05) is 6.07 Å². The highest BCUT2D eigenvalue weighted by molar-refractivity contribution is 7.97. The minimum atomic E-state index is -5.05. The summed E-state index contributed by atoms with van der Waals surface area (Å²) in [5, 5.41) is 0. The first kappa shape index (κ1) is 14.9. The highest BCUT2D eigenvalue weighted by Crippen LogP contribution is 2.59. The molecule has 10 heteroatoms. The Morgan fingerprint density at radius 1 is 1.12 bits per heavy atom. The maximum Gasteiger partial charge on any atom is 0.492 e. The van der Waals surface area contributed by atoms with Crippen molar-refractivity contribution in [2.45, 2.75) is 5.75 Å². The van der Waals surface area contributed by atoms with Crippen molar-refractivity contribution in [2.24, 2.45) is 0 Å². The van der Waals surface area contributed by atoms with Crippen LogP contribution < -0.4 is 0 Å². The molecule has 0 aromatic heterocycles. The first-order valence-electron chi connectivity index (χ1n) is 4.23. The lowest BCUT2D eigenvalue weighted by molar-refractivity contribution is 0.236. The van der Waals surface area contributed by atoms with Crippen molar-refractivity contribution in [2.75, 3.05) is 0 Å². The summed E-state index contributed by atoms with van der Waals surface area (Å²) in [5.74, 6) is 0.246. The van der Waals surface area contributed by atoms with Crippen LogP contribution >= 0.6 is 27.7 Å². The van der Waals surface area contributed by atoms with Gasteiger partial charge in [0.25, 0.3) is 0 Å². The van der Waals surface area contributed by atoms with E-state index >= 15 is 0 Å². The van der Waals surface area contributed by atoms with Gasteiger partial charge in [0.05, 0.1) is 0 Å². The summed E-state index contributed by atoms with van der Waals surface area (Å²) in [5.41, 5.74) is 0.827. The Balaban J connectivity index is 2.41. The largest absolute Gasteiger partial charge is 0.492 e. The second-order valence-electron chi connectivity index (χ2n) is 2.86. The Bertz CT molecular complexity index is 445. The molecule has 7 nitrogen and oxygen atoms in total. The average molecular weight is 300 g/mol. The van der Waals surface area contributed by atoms with Crippen LogP contribution in [0.25, 0.3) is 0 Å². The van der Waals surface area contributed by atoms with Gasteiger partial charge in [0.15, 0.2) is 0 Å². The Morgan fingerprint density at radius 2 is 1.71 bits per heavy atom. The molecule has 1 unspecified atom stereocenters. The van der Waals surface area contributed by atoms with Crippen LogP contribution in [0.2, 0.25) is 0 Å². The van der Waals surface area contributed by atoms with Crippen LogP contribution in [0, 0.1) is 0 Å². The SMILES string of the molecule is O=P(O)(O)OP(=O)(O)OSCc1ccccc1. The molecule has 0 saturated heterocycles. The van der Waals surface area contributed by atoms with Gasteiger partial charge >= 0.3 is 15.6 Å². The molecule has 0 aliphatic rings. The molecule has 0 heterocycles. The molecule has 0 saturated carbocycles. The molecule has 17 heavy (non-hydrogen) atoms. The summed E-state index contributed by atoms with van der Waals surface area (Å²) in [4.78, 5) is 25.6. The standard InChI is InChI=1S/C7H10O7P2S/c8-15(9,10)13-16(11,12)14-17-6-7-4-2-1-3-5-7/h1-5H,6H2,(H,11,12)(H2,8,9,10). The fraction of sp³-hybridized carbons (Fsp3) is 0.143. The van der Waals surface area contributed by atoms with Crippen LogP contribution in [0.15, 0.2) is 30.3 Å². The van der Waals surface area contributed by atoms with Crippen molar-refractivity contribution in [1.82, 2.24) is 0 Å². The van der Waals surface area contributed by atoms with Crippen LogP contribution in [0.3, 0.4) is 0 Å². The van der Waals surface area contributed by atoms with Gasteiger partial charge in [-0.3, -0.25) is 0 Å². The molecule has 1 atom stereocenters. The third-order valence-electron chi connectivity index (χ3n) is 1.42. The summed E-state index contributed by atoms with van der Waals surface area (Å²) in [6, 6.07) is 8.90. The van der Waals surface area contributed by atoms with E-state index in [0.717, 1.165) is 5.56 Å². The molecule has 0 bridgehead atoms. The number of rotatable bonds is 6. The first-order chi connectivity index (χ1) is 7.79. The van der Waals surface area contributed by atoms with E-state index in [0.29, 0.717) is 12.0 Å². The highest BCUT2D eigenvalue weighted by Gasteiger charge is 2.32. The zero-order valence-electron chi connectivity index (χ0n) is 8.37. The summed E-state index contributed by atoms with van der Waals surface area (Å²) in [6.45, 7) is 0. The monoisotopic (exact) mass is 300 g/mol. The number of benzene rings is 1. The summed E-state index contributed by atoms with van der Waals surface area (Å²) in [6.07, 6.45) is 0. The quantitative estimate of drug-likeness (QED) is 0.540. The van der Waals surface area contributed by atoms with Crippen molar-refractivity contribution in [3.8, 4) is 0 Å². The Kier molecular flexibility index (Phi) is 5.37. The summed E-state index contributed by atoms with van der Waals surface area (Å²) >= 11 is 0.573. The van der Waals surface area contributed by atoms with Crippen LogP contribution in [0.1, 0.15) is 5.56 Å². The zero-order valence-corrected chi connectivity index (χ0v) is 11.0. The normalized spacial score (nSPS) is 15.5. The predicted molar refractivity (Wildman–Crippen MR) is 61.8 cm³/mol. The molecule has 0 spiro atoms. The Hall–Kier alpha value is -0.170. The van der Waals surface area contributed by atoms with Crippen molar-refractivity contribution < 1.29 is 32.1 Å². The number of phosphoric acid groups is 2. The van der Waals surface area contributed by atoms with Gasteiger partial charge in [0.1, 0.15) is 0 Å². The van der Waals surface area contributed by atoms with Crippen molar-refractivity contribution in [3.05, 3.63) is 35.9 Å². The van der Waals surface area contributed by atoms with E-state index in [1.165, 1.54) is 0 Å². The molecule has 0 radical (unpaired) electrons. The van der Waals surface area contributed by atoms with E-state index in [4.69, 9.17) is 14.7 Å². The molecule has 1 rings (SSSR count). The molecule has 96 valence electrons. The van der Waals surface area contributed by atoms with E-state index in [-0.39, 0.29) is 5.75 Å². The van der Waals surface area contributed by atoms with Gasteiger partial charge in [0.2, 0.25) is 0 Å². The average Bonchev–Trinajstić information content (AvgIpc) is 2.15. The lowest BCUT2D eigenvalue weighted by Gasteiger charge is -2.10. The molecule has 0 aliphatic heterocycles. The third-order valence-corrected chi connectivity index (χ3v) is 4.73. The molecule has 0 fully saturated rings. The molecular weight excluding hydrogens is 290 g/mol. The maximum absolute atomic E-state index is 11.0. The van der Waals surface area contributed by atoms with Gasteiger partial charge in [-0.05, 0) is 5.56 Å². The van der Waals surface area contributed by atoms with Crippen molar-refractivity contribution >= 4 is 27.7 Å². The lowest BCUT2D eigenvalue weighted by atomic mass is 10.2. The highest BCUT2D eigenvalue weighted by atomic mass is 32.2. The van der Waals surface area contributed by atoms with Crippen LogP contribution in [-0.4, -0.2) is 14.7 Å².